The van der Waals surface area contributed by atoms with Crippen molar-refractivity contribution in [3.63, 3.8) is 0 Å². The molecule has 0 unspecified atom stereocenters. The molecule has 180 valence electrons. The van der Waals surface area contributed by atoms with Gasteiger partial charge in [0.25, 0.3) is 5.91 Å². The average Bonchev–Trinajstić information content (AvgIpc) is 3.36. The van der Waals surface area contributed by atoms with Crippen LogP contribution in [0.3, 0.4) is 0 Å². The summed E-state index contributed by atoms with van der Waals surface area (Å²) >= 11 is 7.88. The highest BCUT2D eigenvalue weighted by molar-refractivity contribution is 8.14. The minimum Gasteiger partial charge on any atom is -0.287 e. The molecule has 5 rings (SSSR count). The summed E-state index contributed by atoms with van der Waals surface area (Å²) in [6.07, 6.45) is 0.637. The van der Waals surface area contributed by atoms with Crippen molar-refractivity contribution in [2.75, 3.05) is 18.8 Å². The van der Waals surface area contributed by atoms with Crippen LogP contribution in [-0.4, -0.2) is 47.5 Å². The molecule has 0 aromatic heterocycles. The second-order valence-electron chi connectivity index (χ2n) is 8.39. The summed E-state index contributed by atoms with van der Waals surface area (Å²) in [5.74, 6) is 0.463. The Bertz CT molecular complexity index is 1390. The van der Waals surface area contributed by atoms with Gasteiger partial charge in [0.2, 0.25) is 10.0 Å². The Morgan fingerprint density at radius 1 is 0.971 bits per heavy atom. The van der Waals surface area contributed by atoms with Gasteiger partial charge in [-0.2, -0.15) is 4.31 Å². The van der Waals surface area contributed by atoms with Gasteiger partial charge in [-0.25, -0.2) is 8.42 Å². The van der Waals surface area contributed by atoms with Gasteiger partial charge in [0.15, 0.2) is 5.17 Å². The monoisotopic (exact) mass is 525 g/mol. The van der Waals surface area contributed by atoms with Crippen LogP contribution in [-0.2, 0) is 29.5 Å². The predicted octanol–water partition coefficient (Wildman–Crippen LogP) is 4.83. The third-order valence-electron chi connectivity index (χ3n) is 6.15. The molecular weight excluding hydrogens is 502 g/mol. The number of carbonyl (C=O) groups is 1. The van der Waals surface area contributed by atoms with Crippen LogP contribution in [0.25, 0.3) is 0 Å². The quantitative estimate of drug-likeness (QED) is 0.478. The molecule has 35 heavy (non-hydrogen) atoms. The van der Waals surface area contributed by atoms with E-state index in [1.165, 1.54) is 28.2 Å². The van der Waals surface area contributed by atoms with E-state index in [1.54, 1.807) is 11.0 Å². The van der Waals surface area contributed by atoms with E-state index in [9.17, 15) is 13.2 Å². The standard InChI is InChI=1S/C26H24ClN3O3S2/c27-23-11-10-21(25(31)30-14-15-34-26(30)28-17-19-6-2-1-3-7-19)16-24(23)35(32,33)29-13-12-20-8-4-5-9-22(20)18-29/h1-11,16H,12-15,17-18H2. The fraction of sp³-hybridized carbons (Fsp3) is 0.231. The minimum absolute atomic E-state index is 0.0426. The number of hydrogen-bond donors (Lipinski definition) is 0. The average molecular weight is 526 g/mol. The summed E-state index contributed by atoms with van der Waals surface area (Å²) in [6.45, 7) is 1.65. The molecule has 1 amide bonds. The normalized spacial score (nSPS) is 17.5. The van der Waals surface area contributed by atoms with E-state index in [1.807, 2.05) is 54.6 Å². The summed E-state index contributed by atoms with van der Waals surface area (Å²) < 4.78 is 28.5. The largest absolute Gasteiger partial charge is 0.287 e. The summed E-state index contributed by atoms with van der Waals surface area (Å²) in [6, 6.07) is 22.1. The lowest BCUT2D eigenvalue weighted by Crippen LogP contribution is -2.36. The number of rotatable bonds is 5. The number of amides is 1. The summed E-state index contributed by atoms with van der Waals surface area (Å²) in [4.78, 5) is 19.6. The maximum Gasteiger partial charge on any atom is 0.259 e. The Kier molecular flexibility index (Phi) is 6.98. The van der Waals surface area contributed by atoms with Gasteiger partial charge in [-0.15, -0.1) is 0 Å². The third kappa shape index (κ3) is 5.02. The van der Waals surface area contributed by atoms with Crippen molar-refractivity contribution >= 4 is 44.5 Å². The molecule has 0 N–H and O–H groups in total. The molecule has 0 aliphatic carbocycles. The van der Waals surface area contributed by atoms with Crippen LogP contribution in [0.15, 0.2) is 82.7 Å². The van der Waals surface area contributed by atoms with Crippen molar-refractivity contribution in [1.82, 2.24) is 9.21 Å². The van der Waals surface area contributed by atoms with Crippen LogP contribution in [0.2, 0.25) is 5.02 Å². The Balaban J connectivity index is 1.39. The number of sulfonamides is 1. The van der Waals surface area contributed by atoms with E-state index in [-0.39, 0.29) is 27.9 Å². The van der Waals surface area contributed by atoms with E-state index < -0.39 is 10.0 Å². The smallest absolute Gasteiger partial charge is 0.259 e. The van der Waals surface area contributed by atoms with E-state index in [4.69, 9.17) is 11.6 Å². The molecule has 3 aromatic rings. The third-order valence-corrected chi connectivity index (χ3v) is 9.47. The van der Waals surface area contributed by atoms with Gasteiger partial charge in [-0.3, -0.25) is 14.7 Å². The van der Waals surface area contributed by atoms with Crippen molar-refractivity contribution in [2.24, 2.45) is 4.99 Å². The molecule has 0 saturated carbocycles. The lowest BCUT2D eigenvalue weighted by Gasteiger charge is -2.28. The summed E-state index contributed by atoms with van der Waals surface area (Å²) in [5, 5.41) is 0.750. The van der Waals surface area contributed by atoms with Gasteiger partial charge in [0.05, 0.1) is 11.6 Å². The number of nitrogens with zero attached hydrogens (tertiary/aromatic N) is 3. The molecule has 6 nitrogen and oxygen atoms in total. The molecule has 0 atom stereocenters. The Labute approximate surface area is 214 Å². The molecule has 3 aromatic carbocycles. The number of hydrogen-bond acceptors (Lipinski definition) is 5. The summed E-state index contributed by atoms with van der Waals surface area (Å²) in [7, 11) is -3.88. The Hall–Kier alpha value is -2.65. The lowest BCUT2D eigenvalue weighted by molar-refractivity contribution is 0.0859. The van der Waals surface area contributed by atoms with Gasteiger partial charge in [-0.1, -0.05) is 78.0 Å². The van der Waals surface area contributed by atoms with E-state index >= 15 is 0 Å². The SMILES string of the molecule is O=C(c1ccc(Cl)c(S(=O)(=O)N2CCc3ccccc3C2)c1)N1CCSC1=NCc1ccccc1. The minimum atomic E-state index is -3.88. The lowest BCUT2D eigenvalue weighted by atomic mass is 10.0. The molecule has 2 heterocycles. The van der Waals surface area contributed by atoms with Gasteiger partial charge in [0, 0.05) is 31.0 Å². The van der Waals surface area contributed by atoms with Crippen molar-refractivity contribution in [3.05, 3.63) is 100 Å². The first-order valence-corrected chi connectivity index (χ1v) is 14.1. The van der Waals surface area contributed by atoms with Crippen LogP contribution in [0, 0.1) is 0 Å². The van der Waals surface area contributed by atoms with Gasteiger partial charge >= 0.3 is 0 Å². The van der Waals surface area contributed by atoms with E-state index in [0.29, 0.717) is 31.2 Å². The zero-order valence-electron chi connectivity index (χ0n) is 18.9. The number of fused-ring (bicyclic) bond motifs is 1. The second-order valence-corrected chi connectivity index (χ2v) is 11.8. The Morgan fingerprint density at radius 3 is 2.51 bits per heavy atom. The first kappa shape index (κ1) is 24.1. The molecule has 1 fully saturated rings. The number of halogens is 1. The molecule has 2 aliphatic rings. The molecule has 0 spiro atoms. The Morgan fingerprint density at radius 2 is 1.71 bits per heavy atom. The first-order chi connectivity index (χ1) is 16.9. The van der Waals surface area contributed by atoms with Crippen molar-refractivity contribution < 1.29 is 13.2 Å². The van der Waals surface area contributed by atoms with Crippen molar-refractivity contribution in [2.45, 2.75) is 24.4 Å². The number of aliphatic imine (C=N–C) groups is 1. The highest BCUT2D eigenvalue weighted by atomic mass is 35.5. The van der Waals surface area contributed by atoms with Crippen molar-refractivity contribution in [1.29, 1.82) is 0 Å². The highest BCUT2D eigenvalue weighted by Crippen LogP contribution is 2.31. The highest BCUT2D eigenvalue weighted by Gasteiger charge is 2.32. The van der Waals surface area contributed by atoms with Crippen LogP contribution in [0.4, 0.5) is 0 Å². The fourth-order valence-corrected chi connectivity index (χ4v) is 7.13. The molecule has 2 aliphatic heterocycles. The molecule has 0 bridgehead atoms. The van der Waals surface area contributed by atoms with Crippen LogP contribution in [0.5, 0.6) is 0 Å². The molecule has 0 radical (unpaired) electrons. The number of amidine groups is 1. The van der Waals surface area contributed by atoms with Gasteiger partial charge in [-0.05, 0) is 41.3 Å². The first-order valence-electron chi connectivity index (χ1n) is 11.3. The van der Waals surface area contributed by atoms with E-state index in [0.717, 1.165) is 22.4 Å². The van der Waals surface area contributed by atoms with Crippen LogP contribution >= 0.6 is 23.4 Å². The molecular formula is C26H24ClN3O3S2. The number of benzene rings is 3. The van der Waals surface area contributed by atoms with Crippen LogP contribution in [0.1, 0.15) is 27.0 Å². The molecule has 9 heteroatoms. The van der Waals surface area contributed by atoms with Gasteiger partial charge < -0.3 is 0 Å². The van der Waals surface area contributed by atoms with Gasteiger partial charge in [0.1, 0.15) is 4.90 Å². The zero-order valence-corrected chi connectivity index (χ0v) is 21.3. The fourth-order valence-electron chi connectivity index (χ4n) is 4.27. The van der Waals surface area contributed by atoms with Crippen LogP contribution < -0.4 is 0 Å². The molecule has 1 saturated heterocycles. The topological polar surface area (TPSA) is 70.1 Å². The zero-order chi connectivity index (χ0) is 24.4. The van der Waals surface area contributed by atoms with Crippen molar-refractivity contribution in [3.8, 4) is 0 Å². The summed E-state index contributed by atoms with van der Waals surface area (Å²) in [5.41, 5.74) is 3.48. The van der Waals surface area contributed by atoms with E-state index in [2.05, 4.69) is 4.99 Å². The number of carbonyl (C=O) groups excluding carboxylic acids is 1. The maximum absolute atomic E-state index is 13.5. The predicted molar refractivity (Wildman–Crippen MR) is 140 cm³/mol. The maximum atomic E-state index is 13.5. The second kappa shape index (κ2) is 10.1. The number of thioether (sulfide) groups is 1.